The van der Waals surface area contributed by atoms with Gasteiger partial charge in [-0.25, -0.2) is 8.42 Å². The zero-order chi connectivity index (χ0) is 18.1. The normalized spacial score (nSPS) is 11.3. The maximum absolute atomic E-state index is 12.7. The number of hydrogen-bond donors (Lipinski definition) is 0. The lowest BCUT2D eigenvalue weighted by Gasteiger charge is -2.09. The summed E-state index contributed by atoms with van der Waals surface area (Å²) in [6, 6.07) is 13.1. The van der Waals surface area contributed by atoms with E-state index in [4.69, 9.17) is 9.47 Å². The van der Waals surface area contributed by atoms with Crippen molar-refractivity contribution in [3.8, 4) is 11.5 Å². The highest BCUT2D eigenvalue weighted by molar-refractivity contribution is 7.91. The second kappa shape index (κ2) is 9.47. The number of sulfone groups is 1. The Morgan fingerprint density at radius 1 is 0.680 bits per heavy atom. The first-order valence-corrected chi connectivity index (χ1v) is 10.3. The highest BCUT2D eigenvalue weighted by atomic mass is 32.2. The van der Waals surface area contributed by atoms with Gasteiger partial charge in [-0.1, -0.05) is 26.7 Å². The number of rotatable bonds is 10. The van der Waals surface area contributed by atoms with E-state index in [-0.39, 0.29) is 9.79 Å². The molecule has 2 aromatic rings. The Balaban J connectivity index is 2.07. The van der Waals surface area contributed by atoms with Gasteiger partial charge in [0.25, 0.3) is 0 Å². The third-order valence-electron chi connectivity index (χ3n) is 3.80. The highest BCUT2D eigenvalue weighted by Crippen LogP contribution is 2.25. The molecule has 0 aliphatic rings. The van der Waals surface area contributed by atoms with E-state index in [1.807, 2.05) is 0 Å². The summed E-state index contributed by atoms with van der Waals surface area (Å²) in [5.74, 6) is 1.37. The fraction of sp³-hybridized carbons (Fsp3) is 0.400. The summed E-state index contributed by atoms with van der Waals surface area (Å²) in [6.45, 7) is 5.47. The summed E-state index contributed by atoms with van der Waals surface area (Å²) in [4.78, 5) is 0.519. The van der Waals surface area contributed by atoms with Crippen LogP contribution < -0.4 is 9.47 Å². The fourth-order valence-electron chi connectivity index (χ4n) is 2.23. The Hall–Kier alpha value is -2.01. The third-order valence-corrected chi connectivity index (χ3v) is 5.59. The Bertz CT molecular complexity index is 675. The zero-order valence-electron chi connectivity index (χ0n) is 14.9. The molecule has 0 saturated heterocycles. The summed E-state index contributed by atoms with van der Waals surface area (Å²) in [5, 5.41) is 0. The van der Waals surface area contributed by atoms with Gasteiger partial charge in [-0.3, -0.25) is 0 Å². The minimum absolute atomic E-state index is 0.259. The smallest absolute Gasteiger partial charge is 0.206 e. The van der Waals surface area contributed by atoms with Crippen LogP contribution in [0.3, 0.4) is 0 Å². The summed E-state index contributed by atoms with van der Waals surface area (Å²) < 4.78 is 36.5. The molecule has 0 bridgehead atoms. The van der Waals surface area contributed by atoms with Gasteiger partial charge in [0.15, 0.2) is 0 Å². The maximum Gasteiger partial charge on any atom is 0.206 e. The van der Waals surface area contributed by atoms with Crippen molar-refractivity contribution < 1.29 is 17.9 Å². The lowest BCUT2D eigenvalue weighted by atomic mass is 10.3. The average Bonchev–Trinajstić information content (AvgIpc) is 2.63. The van der Waals surface area contributed by atoms with Gasteiger partial charge in [-0.15, -0.1) is 0 Å². The fourth-order valence-corrected chi connectivity index (χ4v) is 3.50. The molecule has 0 spiro atoms. The van der Waals surface area contributed by atoms with Crippen LogP contribution in [0.4, 0.5) is 0 Å². The Labute approximate surface area is 150 Å². The van der Waals surface area contributed by atoms with Crippen LogP contribution in [0.5, 0.6) is 11.5 Å². The molecule has 2 aromatic carbocycles. The first kappa shape index (κ1) is 19.3. The van der Waals surface area contributed by atoms with E-state index in [2.05, 4.69) is 13.8 Å². The van der Waals surface area contributed by atoms with Crippen LogP contribution in [-0.2, 0) is 9.84 Å². The molecule has 5 heteroatoms. The van der Waals surface area contributed by atoms with Crippen LogP contribution >= 0.6 is 0 Å². The molecule has 0 aliphatic carbocycles. The van der Waals surface area contributed by atoms with Crippen molar-refractivity contribution in [2.75, 3.05) is 13.2 Å². The van der Waals surface area contributed by atoms with Crippen LogP contribution in [0.2, 0.25) is 0 Å². The molecule has 0 atom stereocenters. The molecule has 0 aromatic heterocycles. The molecule has 0 saturated carbocycles. The molecule has 0 aliphatic heterocycles. The predicted octanol–water partition coefficient (Wildman–Crippen LogP) is 4.88. The van der Waals surface area contributed by atoms with E-state index in [0.717, 1.165) is 25.7 Å². The molecular formula is C20H26O4S. The zero-order valence-corrected chi connectivity index (χ0v) is 15.7. The molecule has 0 radical (unpaired) electrons. The van der Waals surface area contributed by atoms with E-state index in [1.54, 1.807) is 48.5 Å². The van der Waals surface area contributed by atoms with Crippen molar-refractivity contribution >= 4 is 9.84 Å². The summed E-state index contributed by atoms with van der Waals surface area (Å²) >= 11 is 0. The summed E-state index contributed by atoms with van der Waals surface area (Å²) in [6.07, 6.45) is 4.08. The first-order chi connectivity index (χ1) is 12.1. The number of unbranched alkanes of at least 4 members (excludes halogenated alkanes) is 2. The second-order valence-corrected chi connectivity index (χ2v) is 7.80. The monoisotopic (exact) mass is 362 g/mol. The average molecular weight is 362 g/mol. The van der Waals surface area contributed by atoms with E-state index < -0.39 is 9.84 Å². The second-order valence-electron chi connectivity index (χ2n) is 5.85. The molecule has 2 rings (SSSR count). The molecule has 0 unspecified atom stereocenters. The topological polar surface area (TPSA) is 52.6 Å². The molecule has 4 nitrogen and oxygen atoms in total. The van der Waals surface area contributed by atoms with Gasteiger partial charge in [0, 0.05) is 0 Å². The summed E-state index contributed by atoms with van der Waals surface area (Å²) in [5.41, 5.74) is 0. The van der Waals surface area contributed by atoms with Crippen LogP contribution in [0, 0.1) is 0 Å². The number of hydrogen-bond acceptors (Lipinski definition) is 4. The lowest BCUT2D eigenvalue weighted by molar-refractivity contribution is 0.309. The van der Waals surface area contributed by atoms with E-state index >= 15 is 0 Å². The van der Waals surface area contributed by atoms with Gasteiger partial charge in [-0.2, -0.15) is 0 Å². The Morgan fingerprint density at radius 2 is 1.04 bits per heavy atom. The Kier molecular flexibility index (Phi) is 7.31. The van der Waals surface area contributed by atoms with Gasteiger partial charge < -0.3 is 9.47 Å². The predicted molar refractivity (Wildman–Crippen MR) is 99.1 cm³/mol. The van der Waals surface area contributed by atoms with Crippen molar-refractivity contribution in [1.82, 2.24) is 0 Å². The van der Waals surface area contributed by atoms with Crippen LogP contribution in [-0.4, -0.2) is 21.6 Å². The largest absolute Gasteiger partial charge is 0.494 e. The van der Waals surface area contributed by atoms with Gasteiger partial charge in [0.05, 0.1) is 23.0 Å². The van der Waals surface area contributed by atoms with Gasteiger partial charge in [-0.05, 0) is 61.4 Å². The molecule has 136 valence electrons. The summed E-state index contributed by atoms with van der Waals surface area (Å²) in [7, 11) is -3.53. The third kappa shape index (κ3) is 5.49. The highest BCUT2D eigenvalue weighted by Gasteiger charge is 2.17. The number of ether oxygens (including phenoxy) is 2. The van der Waals surface area contributed by atoms with Crippen molar-refractivity contribution in [1.29, 1.82) is 0 Å². The standard InChI is InChI=1S/C20H26O4S/c1-3-5-15-23-17-7-11-19(12-8-17)25(21,22)20-13-9-18(10-14-20)24-16-6-4-2/h7-14H,3-6,15-16H2,1-2H3. The minimum atomic E-state index is -3.53. The SMILES string of the molecule is CCCCOc1ccc(S(=O)(=O)c2ccc(OCCCC)cc2)cc1. The number of benzene rings is 2. The quantitative estimate of drug-likeness (QED) is 0.565. The molecular weight excluding hydrogens is 336 g/mol. The van der Waals surface area contributed by atoms with Crippen molar-refractivity contribution in [3.63, 3.8) is 0 Å². The molecule has 25 heavy (non-hydrogen) atoms. The van der Waals surface area contributed by atoms with Crippen molar-refractivity contribution in [3.05, 3.63) is 48.5 Å². The molecule has 0 heterocycles. The van der Waals surface area contributed by atoms with Gasteiger partial charge in [0.1, 0.15) is 11.5 Å². The molecule has 0 fully saturated rings. The van der Waals surface area contributed by atoms with E-state index in [1.165, 1.54) is 0 Å². The Morgan fingerprint density at radius 3 is 1.36 bits per heavy atom. The van der Waals surface area contributed by atoms with Gasteiger partial charge in [0.2, 0.25) is 9.84 Å². The first-order valence-electron chi connectivity index (χ1n) is 8.78. The lowest BCUT2D eigenvalue weighted by Crippen LogP contribution is -2.03. The van der Waals surface area contributed by atoms with E-state index in [0.29, 0.717) is 24.7 Å². The van der Waals surface area contributed by atoms with Crippen molar-refractivity contribution in [2.24, 2.45) is 0 Å². The molecule has 0 amide bonds. The van der Waals surface area contributed by atoms with Gasteiger partial charge >= 0.3 is 0 Å². The van der Waals surface area contributed by atoms with Crippen molar-refractivity contribution in [2.45, 2.75) is 49.3 Å². The molecule has 0 N–H and O–H groups in total. The van der Waals surface area contributed by atoms with Crippen LogP contribution in [0.1, 0.15) is 39.5 Å². The maximum atomic E-state index is 12.7. The minimum Gasteiger partial charge on any atom is -0.494 e. The van der Waals surface area contributed by atoms with Crippen LogP contribution in [0.25, 0.3) is 0 Å². The van der Waals surface area contributed by atoms with Crippen LogP contribution in [0.15, 0.2) is 58.3 Å². The van der Waals surface area contributed by atoms with E-state index in [9.17, 15) is 8.42 Å².